The van der Waals surface area contributed by atoms with E-state index >= 15 is 0 Å². The van der Waals surface area contributed by atoms with Crippen LogP contribution in [0.4, 0.5) is 10.1 Å². The molecule has 0 amide bonds. The van der Waals surface area contributed by atoms with Gasteiger partial charge >= 0.3 is 0 Å². The Morgan fingerprint density at radius 2 is 1.85 bits per heavy atom. The number of anilines is 1. The molecule has 0 spiro atoms. The molecule has 144 valence electrons. The molecule has 0 bridgehead atoms. The van der Waals surface area contributed by atoms with Gasteiger partial charge in [0, 0.05) is 37.9 Å². The fraction of sp³-hybridized carbons (Fsp3) is 0.400. The highest BCUT2D eigenvalue weighted by Gasteiger charge is 2.25. The molecule has 0 atom stereocenters. The molecule has 0 aliphatic carbocycles. The zero-order valence-corrected chi connectivity index (χ0v) is 15.9. The number of hydrogen-bond acceptors (Lipinski definition) is 4. The third-order valence-corrected chi connectivity index (χ3v) is 6.90. The van der Waals surface area contributed by atoms with E-state index in [1.165, 1.54) is 41.1 Å². The molecule has 2 aromatic carbocycles. The predicted molar refractivity (Wildman–Crippen MR) is 104 cm³/mol. The number of para-hydroxylation sites is 1. The van der Waals surface area contributed by atoms with E-state index in [0.717, 1.165) is 45.4 Å². The Labute approximate surface area is 159 Å². The summed E-state index contributed by atoms with van der Waals surface area (Å²) in [6.45, 7) is 3.58. The molecule has 0 aromatic heterocycles. The second-order valence-corrected chi connectivity index (χ2v) is 8.97. The van der Waals surface area contributed by atoms with Crippen LogP contribution in [-0.2, 0) is 23.0 Å². The van der Waals surface area contributed by atoms with Gasteiger partial charge in [-0.3, -0.25) is 4.90 Å². The molecule has 0 radical (unpaired) electrons. The largest absolute Gasteiger partial charge is 0.384 e. The molecular weight excluding hydrogens is 365 g/mol. The molecule has 1 saturated heterocycles. The lowest BCUT2D eigenvalue weighted by Gasteiger charge is -2.32. The maximum Gasteiger partial charge on any atom is 0.240 e. The summed E-state index contributed by atoms with van der Waals surface area (Å²) >= 11 is 0. The first-order valence-corrected chi connectivity index (χ1v) is 10.8. The van der Waals surface area contributed by atoms with E-state index in [0.29, 0.717) is 0 Å². The van der Waals surface area contributed by atoms with Crippen LogP contribution >= 0.6 is 0 Å². The Bertz CT molecular complexity index is 907. The number of sulfonamides is 1. The Morgan fingerprint density at radius 1 is 1.11 bits per heavy atom. The topological polar surface area (TPSA) is 61.4 Å². The number of nitrogens with zero attached hydrogens (tertiary/aromatic N) is 1. The van der Waals surface area contributed by atoms with E-state index in [4.69, 9.17) is 0 Å². The predicted octanol–water partition coefficient (Wildman–Crippen LogP) is 2.74. The Morgan fingerprint density at radius 3 is 2.59 bits per heavy atom. The van der Waals surface area contributed by atoms with Gasteiger partial charge in [0.05, 0.1) is 4.90 Å². The zero-order chi connectivity index (χ0) is 18.9. The summed E-state index contributed by atoms with van der Waals surface area (Å²) in [7, 11) is -3.61. The van der Waals surface area contributed by atoms with Crippen molar-refractivity contribution in [3.8, 4) is 0 Å². The number of rotatable bonds is 5. The molecule has 7 heteroatoms. The van der Waals surface area contributed by atoms with Gasteiger partial charge in [-0.05, 0) is 54.7 Å². The van der Waals surface area contributed by atoms with Crippen molar-refractivity contribution in [3.63, 3.8) is 0 Å². The molecular formula is C20H24FN3O2S. The summed E-state index contributed by atoms with van der Waals surface area (Å²) in [5.74, 6) is -0.441. The molecule has 2 heterocycles. The van der Waals surface area contributed by atoms with Crippen LogP contribution in [0.1, 0.15) is 24.0 Å². The Balaban J connectivity index is 1.34. The zero-order valence-electron chi connectivity index (χ0n) is 15.1. The molecule has 4 rings (SSSR count). The van der Waals surface area contributed by atoms with Crippen molar-refractivity contribution in [1.82, 2.24) is 9.62 Å². The van der Waals surface area contributed by atoms with Crippen molar-refractivity contribution < 1.29 is 12.8 Å². The first-order valence-electron chi connectivity index (χ1n) is 9.36. The maximum atomic E-state index is 13.0. The summed E-state index contributed by atoms with van der Waals surface area (Å²) in [6, 6.07) is 11.3. The smallest absolute Gasteiger partial charge is 0.240 e. The van der Waals surface area contributed by atoms with Gasteiger partial charge in [0.1, 0.15) is 5.82 Å². The molecule has 0 unspecified atom stereocenters. The number of halogens is 1. The van der Waals surface area contributed by atoms with Crippen LogP contribution in [0.3, 0.4) is 0 Å². The van der Waals surface area contributed by atoms with Gasteiger partial charge < -0.3 is 5.32 Å². The second-order valence-electron chi connectivity index (χ2n) is 7.25. The number of benzene rings is 2. The minimum absolute atomic E-state index is 0.0871. The van der Waals surface area contributed by atoms with Gasteiger partial charge in [0.25, 0.3) is 0 Å². The van der Waals surface area contributed by atoms with E-state index in [-0.39, 0.29) is 10.9 Å². The van der Waals surface area contributed by atoms with Gasteiger partial charge in [0.15, 0.2) is 0 Å². The molecule has 5 nitrogen and oxygen atoms in total. The van der Waals surface area contributed by atoms with E-state index < -0.39 is 15.8 Å². The van der Waals surface area contributed by atoms with E-state index in [2.05, 4.69) is 33.1 Å². The third-order valence-electron chi connectivity index (χ3n) is 5.36. The normalized spacial score (nSPS) is 18.3. The summed E-state index contributed by atoms with van der Waals surface area (Å²) in [5.41, 5.74) is 3.97. The van der Waals surface area contributed by atoms with Crippen LogP contribution < -0.4 is 10.0 Å². The van der Waals surface area contributed by atoms with Crippen molar-refractivity contribution in [2.45, 2.75) is 36.7 Å². The second kappa shape index (κ2) is 7.58. The number of likely N-dealkylation sites (tertiary alicyclic amines) is 1. The minimum atomic E-state index is -3.61. The molecule has 27 heavy (non-hydrogen) atoms. The van der Waals surface area contributed by atoms with Gasteiger partial charge in [0.2, 0.25) is 10.0 Å². The Kier molecular flexibility index (Phi) is 5.16. The van der Waals surface area contributed by atoms with Crippen LogP contribution in [-0.4, -0.2) is 39.0 Å². The fourth-order valence-corrected chi connectivity index (χ4v) is 5.20. The van der Waals surface area contributed by atoms with Crippen LogP contribution in [0.2, 0.25) is 0 Å². The van der Waals surface area contributed by atoms with Crippen molar-refractivity contribution in [2.75, 3.05) is 25.0 Å². The summed E-state index contributed by atoms with van der Waals surface area (Å²) in [6.07, 6.45) is 2.61. The highest BCUT2D eigenvalue weighted by molar-refractivity contribution is 7.89. The minimum Gasteiger partial charge on any atom is -0.384 e. The SMILES string of the molecule is O=S(=O)(NC1CCN(Cc2cccc3c2NCC3)CC1)c1ccc(F)cc1. The number of nitrogens with one attached hydrogen (secondary N) is 2. The van der Waals surface area contributed by atoms with Gasteiger partial charge in [-0.1, -0.05) is 18.2 Å². The lowest BCUT2D eigenvalue weighted by Crippen LogP contribution is -2.44. The summed E-state index contributed by atoms with van der Waals surface area (Å²) in [4.78, 5) is 2.48. The van der Waals surface area contributed by atoms with E-state index in [9.17, 15) is 12.8 Å². The lowest BCUT2D eigenvalue weighted by atomic mass is 10.0. The quantitative estimate of drug-likeness (QED) is 0.826. The first kappa shape index (κ1) is 18.4. The standard InChI is InChI=1S/C20H24FN3O2S/c21-17-4-6-19(7-5-17)27(25,26)23-18-9-12-24(13-10-18)14-16-3-1-2-15-8-11-22-20(15)16/h1-7,18,22-23H,8-14H2. The molecule has 1 fully saturated rings. The molecule has 2 N–H and O–H groups in total. The molecule has 2 aliphatic heterocycles. The average Bonchev–Trinajstić information content (AvgIpc) is 3.13. The summed E-state index contributed by atoms with van der Waals surface area (Å²) < 4.78 is 40.7. The van der Waals surface area contributed by atoms with Gasteiger partial charge in [-0.15, -0.1) is 0 Å². The van der Waals surface area contributed by atoms with E-state index in [1.807, 2.05) is 0 Å². The first-order chi connectivity index (χ1) is 13.0. The van der Waals surface area contributed by atoms with Crippen LogP contribution in [0.5, 0.6) is 0 Å². The van der Waals surface area contributed by atoms with Crippen molar-refractivity contribution in [1.29, 1.82) is 0 Å². The third kappa shape index (κ3) is 4.15. The highest BCUT2D eigenvalue weighted by Crippen LogP contribution is 2.28. The molecule has 2 aromatic rings. The van der Waals surface area contributed by atoms with Crippen molar-refractivity contribution >= 4 is 15.7 Å². The summed E-state index contributed by atoms with van der Waals surface area (Å²) in [5, 5.41) is 3.48. The number of piperidine rings is 1. The van der Waals surface area contributed by atoms with Gasteiger partial charge in [-0.2, -0.15) is 0 Å². The van der Waals surface area contributed by atoms with Crippen molar-refractivity contribution in [2.24, 2.45) is 0 Å². The highest BCUT2D eigenvalue weighted by atomic mass is 32.2. The fourth-order valence-electron chi connectivity index (χ4n) is 3.89. The van der Waals surface area contributed by atoms with Crippen LogP contribution in [0, 0.1) is 5.82 Å². The monoisotopic (exact) mass is 389 g/mol. The van der Waals surface area contributed by atoms with Gasteiger partial charge in [-0.25, -0.2) is 17.5 Å². The number of fused-ring (bicyclic) bond motifs is 1. The Hall–Kier alpha value is -1.96. The van der Waals surface area contributed by atoms with Crippen molar-refractivity contribution in [3.05, 3.63) is 59.4 Å². The average molecular weight is 389 g/mol. The maximum absolute atomic E-state index is 13.0. The molecule has 0 saturated carbocycles. The van der Waals surface area contributed by atoms with Crippen LogP contribution in [0.25, 0.3) is 0 Å². The molecule has 2 aliphatic rings. The lowest BCUT2D eigenvalue weighted by molar-refractivity contribution is 0.200. The van der Waals surface area contributed by atoms with E-state index in [1.54, 1.807) is 0 Å². The number of hydrogen-bond donors (Lipinski definition) is 2. The van der Waals surface area contributed by atoms with Crippen LogP contribution in [0.15, 0.2) is 47.4 Å².